The first-order chi connectivity index (χ1) is 17.0. The van der Waals surface area contributed by atoms with Crippen LogP contribution in [0.4, 0.5) is 0 Å². The van der Waals surface area contributed by atoms with Crippen LogP contribution in [0.1, 0.15) is 0 Å². The first kappa shape index (κ1) is 33.3. The molecule has 4 aromatic rings. The van der Waals surface area contributed by atoms with Crippen molar-refractivity contribution in [3.63, 3.8) is 0 Å². The van der Waals surface area contributed by atoms with E-state index in [1.165, 1.54) is 22.3 Å². The Morgan fingerprint density at radius 2 is 0.861 bits per heavy atom. The van der Waals surface area contributed by atoms with Gasteiger partial charge in [-0.25, -0.2) is 12.1 Å². The molecule has 0 aliphatic heterocycles. The molecule has 0 saturated heterocycles. The maximum absolute atomic E-state index is 4.93. The Balaban J connectivity index is 0.000000296. The molecular weight excluding hydrogens is 607 g/mol. The zero-order chi connectivity index (χ0) is 27.2. The minimum atomic E-state index is -1.15. The van der Waals surface area contributed by atoms with Crippen LogP contribution in [0.25, 0.3) is 22.3 Å². The Kier molecular flexibility index (Phi) is 15.7. The van der Waals surface area contributed by atoms with E-state index in [9.17, 15) is 0 Å². The van der Waals surface area contributed by atoms with E-state index in [-0.39, 0.29) is 0 Å². The van der Waals surface area contributed by atoms with E-state index in [0.717, 1.165) is 9.52 Å². The summed E-state index contributed by atoms with van der Waals surface area (Å²) in [5.74, 6) is 0. The van der Waals surface area contributed by atoms with Gasteiger partial charge in [0.05, 0.1) is 16.1 Å². The van der Waals surface area contributed by atoms with Gasteiger partial charge < -0.3 is 0 Å². The van der Waals surface area contributed by atoms with E-state index < -0.39 is 37.0 Å². The summed E-state index contributed by atoms with van der Waals surface area (Å²) in [5.41, 5.74) is 5.35. The summed E-state index contributed by atoms with van der Waals surface area (Å²) in [6.45, 7) is 18.7. The average Bonchev–Trinajstić information content (AvgIpc) is 3.52. The van der Waals surface area contributed by atoms with Gasteiger partial charge in [0.1, 0.15) is 0 Å². The molecule has 0 unspecified atom stereocenters. The van der Waals surface area contributed by atoms with Gasteiger partial charge in [0.2, 0.25) is 0 Å². The van der Waals surface area contributed by atoms with E-state index in [2.05, 4.69) is 149 Å². The van der Waals surface area contributed by atoms with Crippen molar-refractivity contribution < 1.29 is 20.8 Å². The number of halogens is 2. The fourth-order valence-corrected chi connectivity index (χ4v) is 5.78. The quantitative estimate of drug-likeness (QED) is 0.153. The summed E-state index contributed by atoms with van der Waals surface area (Å²) < 4.78 is 0. The SMILES string of the molecule is C[SiH]C.C[Si](C)(C)c1cc(-c2ccccc2)c[cH-]1.C[Si](C)(C)c1cc(-c2ccccc2)c[cH-]1.[Cl][Zr+2][Cl]. The van der Waals surface area contributed by atoms with Crippen LogP contribution >= 0.6 is 17.0 Å². The molecule has 0 amide bonds. The third-order valence-electron chi connectivity index (χ3n) is 5.45. The van der Waals surface area contributed by atoms with Crippen molar-refractivity contribution in [1.29, 1.82) is 0 Å². The van der Waals surface area contributed by atoms with Crippen molar-refractivity contribution in [3.05, 3.63) is 97.1 Å². The van der Waals surface area contributed by atoms with Gasteiger partial charge in [0.25, 0.3) is 0 Å². The Labute approximate surface area is 243 Å². The summed E-state index contributed by atoms with van der Waals surface area (Å²) in [6.07, 6.45) is 0. The molecule has 0 bridgehead atoms. The van der Waals surface area contributed by atoms with Gasteiger partial charge in [-0.05, 0) is 0 Å². The molecular formula is C30H41Cl2Si3Zr. The van der Waals surface area contributed by atoms with Crippen LogP contribution in [0, 0.1) is 0 Å². The van der Waals surface area contributed by atoms with Crippen molar-refractivity contribution in [2.24, 2.45) is 0 Å². The first-order valence-corrected chi connectivity index (χ1v) is 28.0. The normalized spacial score (nSPS) is 10.5. The van der Waals surface area contributed by atoms with Gasteiger partial charge in [-0.2, -0.15) is 45.8 Å². The molecule has 0 heterocycles. The molecule has 0 spiro atoms. The van der Waals surface area contributed by atoms with Gasteiger partial charge in [-0.1, -0.05) is 124 Å². The van der Waals surface area contributed by atoms with Crippen LogP contribution in [0.15, 0.2) is 97.1 Å². The number of rotatable bonds is 4. The molecule has 0 aliphatic carbocycles. The van der Waals surface area contributed by atoms with Crippen molar-refractivity contribution in [1.82, 2.24) is 0 Å². The Morgan fingerprint density at radius 1 is 0.583 bits per heavy atom. The van der Waals surface area contributed by atoms with E-state index in [4.69, 9.17) is 17.0 Å². The van der Waals surface area contributed by atoms with E-state index in [0.29, 0.717) is 0 Å². The predicted molar refractivity (Wildman–Crippen MR) is 171 cm³/mol. The predicted octanol–water partition coefficient (Wildman–Crippen LogP) is 9.13. The number of hydrogen-bond donors (Lipinski definition) is 0. The molecule has 0 aliphatic rings. The van der Waals surface area contributed by atoms with Crippen LogP contribution in [0.3, 0.4) is 0 Å². The molecule has 0 saturated carbocycles. The fraction of sp³-hybridized carbons (Fsp3) is 0.267. The third-order valence-corrected chi connectivity index (χ3v) is 9.54. The fourth-order valence-electron chi connectivity index (χ4n) is 3.44. The molecule has 4 aromatic carbocycles. The van der Waals surface area contributed by atoms with Crippen LogP contribution in [-0.2, 0) is 20.8 Å². The molecule has 36 heavy (non-hydrogen) atoms. The van der Waals surface area contributed by atoms with Crippen LogP contribution in [0.5, 0.6) is 0 Å². The zero-order valence-corrected chi connectivity index (χ0v) is 30.2. The van der Waals surface area contributed by atoms with Crippen molar-refractivity contribution in [2.45, 2.75) is 52.4 Å². The average molecular weight is 648 g/mol. The third kappa shape index (κ3) is 12.2. The molecule has 191 valence electrons. The summed E-state index contributed by atoms with van der Waals surface area (Å²) in [4.78, 5) is 0. The Hall–Kier alpha value is -0.746. The van der Waals surface area contributed by atoms with Gasteiger partial charge in [-0.3, -0.25) is 0 Å². The summed E-state index contributed by atoms with van der Waals surface area (Å²) in [6, 6.07) is 34.9. The molecule has 0 fully saturated rings. The van der Waals surface area contributed by atoms with E-state index in [1.54, 1.807) is 10.4 Å². The molecule has 0 atom stereocenters. The molecule has 1 radical (unpaired) electrons. The van der Waals surface area contributed by atoms with Gasteiger partial charge in [-0.15, -0.1) is 0 Å². The van der Waals surface area contributed by atoms with E-state index >= 15 is 0 Å². The van der Waals surface area contributed by atoms with Crippen molar-refractivity contribution in [3.8, 4) is 22.3 Å². The summed E-state index contributed by atoms with van der Waals surface area (Å²) >= 11 is -0.826. The van der Waals surface area contributed by atoms with Crippen LogP contribution in [-0.4, -0.2) is 25.7 Å². The molecule has 0 nitrogen and oxygen atoms in total. The zero-order valence-electron chi connectivity index (χ0n) is 23.1. The molecule has 0 aromatic heterocycles. The topological polar surface area (TPSA) is 0 Å². The second kappa shape index (κ2) is 17.0. The Bertz CT molecular complexity index is 1000. The van der Waals surface area contributed by atoms with Crippen molar-refractivity contribution >= 4 is 53.1 Å². The van der Waals surface area contributed by atoms with Gasteiger partial charge in [0.15, 0.2) is 0 Å². The van der Waals surface area contributed by atoms with E-state index in [1.807, 2.05) is 0 Å². The number of hydrogen-bond acceptors (Lipinski definition) is 0. The molecule has 6 heteroatoms. The standard InChI is InChI=1S/2C14H17Si.C2H7Si.2ClH.Zr/c2*1-15(2,3)14-10-9-13(11-14)12-7-5-4-6-8-12;1-3-2;;;/h2*4-11H,1-3H3;3H,1-2H3;2*1H;/q2*-1;;;;+4/p-2. The summed E-state index contributed by atoms with van der Waals surface area (Å²) in [5, 5.41) is 3.09. The van der Waals surface area contributed by atoms with Gasteiger partial charge in [0, 0.05) is 9.52 Å². The summed E-state index contributed by atoms with van der Waals surface area (Å²) in [7, 11) is 8.33. The first-order valence-electron chi connectivity index (χ1n) is 12.3. The Morgan fingerprint density at radius 3 is 1.08 bits per heavy atom. The second-order valence-electron chi connectivity index (χ2n) is 10.7. The molecule has 0 N–H and O–H groups in total. The monoisotopic (exact) mass is 645 g/mol. The maximum atomic E-state index is 4.93. The number of benzene rings is 2. The van der Waals surface area contributed by atoms with Crippen molar-refractivity contribution in [2.75, 3.05) is 0 Å². The van der Waals surface area contributed by atoms with Crippen LogP contribution in [0.2, 0.25) is 52.4 Å². The minimum absolute atomic E-state index is 0.750. The van der Waals surface area contributed by atoms with Gasteiger partial charge >= 0.3 is 37.9 Å². The second-order valence-corrected chi connectivity index (χ2v) is 25.7. The molecule has 4 rings (SSSR count). The van der Waals surface area contributed by atoms with Crippen LogP contribution < -0.4 is 10.4 Å².